The monoisotopic (exact) mass is 393 g/mol. The largest absolute Gasteiger partial charge is 0.366 e. The molecule has 6 nitrogen and oxygen atoms in total. The smallest absolute Gasteiger partial charge is 0.222 e. The molecule has 1 saturated heterocycles. The van der Waals surface area contributed by atoms with Gasteiger partial charge in [-0.25, -0.2) is 4.99 Å². The summed E-state index contributed by atoms with van der Waals surface area (Å²) < 4.78 is 0. The Labute approximate surface area is 164 Å². The summed E-state index contributed by atoms with van der Waals surface area (Å²) in [4.78, 5) is 20.9. The number of thioether (sulfide) groups is 1. The van der Waals surface area contributed by atoms with Crippen LogP contribution in [0.4, 0.5) is 11.4 Å². The number of nitrogens with one attached hydrogen (secondary N) is 1. The van der Waals surface area contributed by atoms with Gasteiger partial charge in [0, 0.05) is 37.6 Å². The number of carbonyl (C=O) groups is 1. The molecule has 1 aliphatic rings. The van der Waals surface area contributed by atoms with Gasteiger partial charge in [-0.3, -0.25) is 10.1 Å². The first-order valence-corrected chi connectivity index (χ1v) is 10.1. The standard InChI is InChI=1S/C18H24ClN5OS/c1-13(2)10-17(25)24-8-6-23(7-9-24)16-5-4-14(19)11-15(16)22-18(26-3)21-12-20/h4-5,11,13H,6-10H2,1-3H3,(H,21,22). The number of carbonyl (C=O) groups excluding carboxylic acids is 1. The zero-order valence-electron chi connectivity index (χ0n) is 15.3. The Morgan fingerprint density at radius 3 is 2.65 bits per heavy atom. The molecule has 1 N–H and O–H groups in total. The molecule has 0 aromatic heterocycles. The van der Waals surface area contributed by atoms with Crippen molar-refractivity contribution >= 4 is 45.8 Å². The summed E-state index contributed by atoms with van der Waals surface area (Å²) in [5.74, 6) is 0.590. The molecule has 1 amide bonds. The van der Waals surface area contributed by atoms with Gasteiger partial charge in [0.25, 0.3) is 0 Å². The van der Waals surface area contributed by atoms with Crippen molar-refractivity contribution in [3.8, 4) is 6.19 Å². The molecule has 1 fully saturated rings. The van der Waals surface area contributed by atoms with Gasteiger partial charge in [0.15, 0.2) is 11.4 Å². The number of amidine groups is 1. The van der Waals surface area contributed by atoms with E-state index in [1.807, 2.05) is 29.5 Å². The van der Waals surface area contributed by atoms with Gasteiger partial charge in [-0.05, 0) is 30.4 Å². The van der Waals surface area contributed by atoms with E-state index in [2.05, 4.69) is 29.1 Å². The molecule has 0 spiro atoms. The summed E-state index contributed by atoms with van der Waals surface area (Å²) in [6.07, 6.45) is 4.34. The van der Waals surface area contributed by atoms with E-state index in [0.717, 1.165) is 18.8 Å². The van der Waals surface area contributed by atoms with Gasteiger partial charge in [-0.1, -0.05) is 37.2 Å². The predicted octanol–water partition coefficient (Wildman–Crippen LogP) is 3.46. The van der Waals surface area contributed by atoms with Crippen LogP contribution in [0.2, 0.25) is 5.02 Å². The van der Waals surface area contributed by atoms with E-state index in [-0.39, 0.29) is 5.91 Å². The maximum Gasteiger partial charge on any atom is 0.222 e. The number of rotatable bonds is 4. The van der Waals surface area contributed by atoms with Crippen LogP contribution in [0.15, 0.2) is 23.2 Å². The number of anilines is 1. The molecule has 1 aromatic rings. The summed E-state index contributed by atoms with van der Waals surface area (Å²) >= 11 is 7.50. The van der Waals surface area contributed by atoms with Crippen molar-refractivity contribution in [3.63, 3.8) is 0 Å². The van der Waals surface area contributed by atoms with Crippen molar-refractivity contribution in [2.24, 2.45) is 10.9 Å². The van der Waals surface area contributed by atoms with Gasteiger partial charge in [0.05, 0.1) is 11.4 Å². The van der Waals surface area contributed by atoms with E-state index >= 15 is 0 Å². The van der Waals surface area contributed by atoms with E-state index in [1.54, 1.807) is 6.07 Å². The number of hydrogen-bond donors (Lipinski definition) is 1. The summed E-state index contributed by atoms with van der Waals surface area (Å²) in [7, 11) is 0. The fraction of sp³-hybridized carbons (Fsp3) is 0.500. The minimum absolute atomic E-state index is 0.219. The highest BCUT2D eigenvalue weighted by Gasteiger charge is 2.23. The lowest BCUT2D eigenvalue weighted by atomic mass is 10.1. The first-order valence-electron chi connectivity index (χ1n) is 8.54. The Hall–Kier alpha value is -1.91. The zero-order chi connectivity index (χ0) is 19.1. The Kier molecular flexibility index (Phi) is 7.61. The number of benzene rings is 1. The van der Waals surface area contributed by atoms with E-state index < -0.39 is 0 Å². The SMILES string of the molecule is CSC(=Nc1cc(Cl)ccc1N1CCN(C(=O)CC(C)C)CC1)NC#N. The fourth-order valence-electron chi connectivity index (χ4n) is 2.81. The molecule has 2 rings (SSSR count). The van der Waals surface area contributed by atoms with Crippen LogP contribution in [-0.2, 0) is 4.79 Å². The van der Waals surface area contributed by atoms with Crippen LogP contribution < -0.4 is 10.2 Å². The van der Waals surface area contributed by atoms with Crippen molar-refractivity contribution in [2.75, 3.05) is 37.3 Å². The molecule has 8 heteroatoms. The molecule has 0 radical (unpaired) electrons. The maximum atomic E-state index is 12.2. The molecule has 0 atom stereocenters. The minimum atomic E-state index is 0.219. The molecule has 0 aliphatic carbocycles. The molecular formula is C18H24ClN5OS. The number of nitrogens with zero attached hydrogens (tertiary/aromatic N) is 4. The van der Waals surface area contributed by atoms with Crippen LogP contribution in [0.3, 0.4) is 0 Å². The highest BCUT2D eigenvalue weighted by atomic mass is 35.5. The molecule has 0 saturated carbocycles. The molecule has 0 unspecified atom stereocenters. The third-order valence-corrected chi connectivity index (χ3v) is 4.89. The molecule has 0 bridgehead atoms. The molecule has 26 heavy (non-hydrogen) atoms. The lowest BCUT2D eigenvalue weighted by molar-refractivity contribution is -0.132. The van der Waals surface area contributed by atoms with Crippen LogP contribution in [0.5, 0.6) is 0 Å². The second-order valence-electron chi connectivity index (χ2n) is 6.46. The third-order valence-electron chi connectivity index (χ3n) is 4.07. The van der Waals surface area contributed by atoms with Crippen LogP contribution in [-0.4, -0.2) is 48.4 Å². The topological polar surface area (TPSA) is 71.7 Å². The first kappa shape index (κ1) is 20.4. The number of aliphatic imine (C=N–C) groups is 1. The molecule has 1 aliphatic heterocycles. The third kappa shape index (κ3) is 5.55. The second kappa shape index (κ2) is 9.70. The Morgan fingerprint density at radius 1 is 1.38 bits per heavy atom. The Morgan fingerprint density at radius 2 is 2.08 bits per heavy atom. The summed E-state index contributed by atoms with van der Waals surface area (Å²) in [6.45, 7) is 7.00. The van der Waals surface area contributed by atoms with Crippen molar-refractivity contribution in [1.29, 1.82) is 5.26 Å². The van der Waals surface area contributed by atoms with Gasteiger partial charge in [0.1, 0.15) is 0 Å². The highest BCUT2D eigenvalue weighted by Crippen LogP contribution is 2.33. The lowest BCUT2D eigenvalue weighted by Gasteiger charge is -2.37. The van der Waals surface area contributed by atoms with E-state index in [9.17, 15) is 4.79 Å². The second-order valence-corrected chi connectivity index (χ2v) is 7.69. The lowest BCUT2D eigenvalue weighted by Crippen LogP contribution is -2.49. The van der Waals surface area contributed by atoms with Crippen LogP contribution in [0.25, 0.3) is 0 Å². The first-order chi connectivity index (χ1) is 12.4. The average molecular weight is 394 g/mol. The zero-order valence-corrected chi connectivity index (χ0v) is 16.9. The normalized spacial score (nSPS) is 15.2. The van der Waals surface area contributed by atoms with Crippen molar-refractivity contribution in [1.82, 2.24) is 10.2 Å². The van der Waals surface area contributed by atoms with Crippen molar-refractivity contribution in [2.45, 2.75) is 20.3 Å². The summed E-state index contributed by atoms with van der Waals surface area (Å²) in [5.41, 5.74) is 1.67. The number of piperazine rings is 1. The van der Waals surface area contributed by atoms with Gasteiger partial charge in [0.2, 0.25) is 5.91 Å². The van der Waals surface area contributed by atoms with Crippen molar-refractivity contribution in [3.05, 3.63) is 23.2 Å². The Balaban J connectivity index is 2.15. The van der Waals surface area contributed by atoms with Gasteiger partial charge < -0.3 is 9.80 Å². The number of nitriles is 1. The molecule has 1 heterocycles. The van der Waals surface area contributed by atoms with Crippen molar-refractivity contribution < 1.29 is 4.79 Å². The summed E-state index contributed by atoms with van der Waals surface area (Å²) in [6, 6.07) is 5.57. The molecule has 1 aromatic carbocycles. The van der Waals surface area contributed by atoms with E-state index in [4.69, 9.17) is 16.9 Å². The minimum Gasteiger partial charge on any atom is -0.366 e. The quantitative estimate of drug-likeness (QED) is 0.367. The highest BCUT2D eigenvalue weighted by molar-refractivity contribution is 8.13. The summed E-state index contributed by atoms with van der Waals surface area (Å²) in [5, 5.41) is 12.5. The van der Waals surface area contributed by atoms with Gasteiger partial charge in [-0.15, -0.1) is 0 Å². The van der Waals surface area contributed by atoms with Crippen LogP contribution >= 0.6 is 23.4 Å². The molecule has 140 valence electrons. The predicted molar refractivity (Wildman–Crippen MR) is 109 cm³/mol. The average Bonchev–Trinajstić information content (AvgIpc) is 2.61. The van der Waals surface area contributed by atoms with Crippen LogP contribution in [0.1, 0.15) is 20.3 Å². The maximum absolute atomic E-state index is 12.2. The number of halogens is 1. The van der Waals surface area contributed by atoms with E-state index in [1.165, 1.54) is 11.8 Å². The van der Waals surface area contributed by atoms with Gasteiger partial charge >= 0.3 is 0 Å². The number of hydrogen-bond acceptors (Lipinski definition) is 5. The molecular weight excluding hydrogens is 370 g/mol. The van der Waals surface area contributed by atoms with E-state index in [0.29, 0.717) is 41.3 Å². The van der Waals surface area contributed by atoms with Crippen LogP contribution in [0, 0.1) is 17.4 Å². The van der Waals surface area contributed by atoms with Gasteiger partial charge in [-0.2, -0.15) is 5.26 Å². The number of amides is 1. The fourth-order valence-corrected chi connectivity index (χ4v) is 3.31. The Bertz CT molecular complexity index is 708.